The Hall–Kier alpha value is -1.14. The number of carbonyl (C=O) groups excluding carboxylic acids is 2. The van der Waals surface area contributed by atoms with Crippen molar-refractivity contribution in [3.8, 4) is 0 Å². The van der Waals surface area contributed by atoms with E-state index in [1.165, 1.54) is 0 Å². The van der Waals surface area contributed by atoms with Crippen LogP contribution in [0.5, 0.6) is 0 Å². The summed E-state index contributed by atoms with van der Waals surface area (Å²) in [7, 11) is 4.01. The minimum atomic E-state index is 0.126. The standard InChI is InChI=1S/C11H24N2O.C9H20N2O/c1-10(2)6-5-7-11(14)12-8-9-13(3)4;1-8(2)4-3-5-9(12)11-7-6-10/h10H,5-9H2,1-4H3,(H,12,14);8H,3-7,10H2,1-2H3,(H,11,12). The van der Waals surface area contributed by atoms with E-state index in [-0.39, 0.29) is 11.8 Å². The summed E-state index contributed by atoms with van der Waals surface area (Å²) in [4.78, 5) is 24.4. The number of amides is 2. The topological polar surface area (TPSA) is 87.5 Å². The molecule has 0 aromatic heterocycles. The number of carbonyl (C=O) groups is 2. The lowest BCUT2D eigenvalue weighted by molar-refractivity contribution is -0.122. The Bertz CT molecular complexity index is 329. The molecule has 4 N–H and O–H groups in total. The highest BCUT2D eigenvalue weighted by molar-refractivity contribution is 5.76. The first-order valence-corrected chi connectivity index (χ1v) is 10.1. The van der Waals surface area contributed by atoms with Gasteiger partial charge in [0.25, 0.3) is 0 Å². The first-order valence-electron chi connectivity index (χ1n) is 10.1. The van der Waals surface area contributed by atoms with E-state index in [4.69, 9.17) is 5.73 Å². The molecule has 0 radical (unpaired) electrons. The summed E-state index contributed by atoms with van der Waals surface area (Å²) in [6.07, 6.45) is 5.56. The van der Waals surface area contributed by atoms with Crippen LogP contribution in [0.15, 0.2) is 0 Å². The highest BCUT2D eigenvalue weighted by Gasteiger charge is 2.02. The summed E-state index contributed by atoms with van der Waals surface area (Å²) in [5.74, 6) is 1.70. The molecular weight excluding hydrogens is 328 g/mol. The lowest BCUT2D eigenvalue weighted by Crippen LogP contribution is -2.31. The summed E-state index contributed by atoms with van der Waals surface area (Å²) < 4.78 is 0. The van der Waals surface area contributed by atoms with Crippen molar-refractivity contribution in [3.63, 3.8) is 0 Å². The Morgan fingerprint density at radius 2 is 1.27 bits per heavy atom. The number of hydrogen-bond donors (Lipinski definition) is 3. The number of likely N-dealkylation sites (N-methyl/N-ethyl adjacent to an activating group) is 1. The Kier molecular flexibility index (Phi) is 19.4. The fraction of sp³-hybridized carbons (Fsp3) is 0.900. The van der Waals surface area contributed by atoms with Gasteiger partial charge in [-0.1, -0.05) is 40.5 Å². The predicted molar refractivity (Wildman–Crippen MR) is 111 cm³/mol. The summed E-state index contributed by atoms with van der Waals surface area (Å²) in [6.45, 7) is 11.5. The van der Waals surface area contributed by atoms with Gasteiger partial charge in [-0.05, 0) is 38.8 Å². The van der Waals surface area contributed by atoms with Gasteiger partial charge >= 0.3 is 0 Å². The average molecular weight is 373 g/mol. The molecule has 156 valence electrons. The van der Waals surface area contributed by atoms with Gasteiger partial charge in [-0.25, -0.2) is 0 Å². The molecule has 0 rings (SSSR count). The van der Waals surface area contributed by atoms with Crippen LogP contribution in [-0.2, 0) is 9.59 Å². The third-order valence-corrected chi connectivity index (χ3v) is 3.72. The van der Waals surface area contributed by atoms with E-state index in [0.29, 0.717) is 37.8 Å². The quantitative estimate of drug-likeness (QED) is 0.463. The van der Waals surface area contributed by atoms with Crippen LogP contribution >= 0.6 is 0 Å². The van der Waals surface area contributed by atoms with Gasteiger partial charge in [0.05, 0.1) is 0 Å². The maximum absolute atomic E-state index is 11.3. The number of hydrogen-bond acceptors (Lipinski definition) is 4. The van der Waals surface area contributed by atoms with Crippen LogP contribution in [0.25, 0.3) is 0 Å². The van der Waals surface area contributed by atoms with Gasteiger partial charge in [0, 0.05) is 39.0 Å². The zero-order chi connectivity index (χ0) is 20.4. The van der Waals surface area contributed by atoms with Crippen molar-refractivity contribution in [3.05, 3.63) is 0 Å². The van der Waals surface area contributed by atoms with Crippen molar-refractivity contribution in [2.75, 3.05) is 40.3 Å². The second-order valence-corrected chi connectivity index (χ2v) is 7.86. The molecule has 0 fully saturated rings. The fourth-order valence-electron chi connectivity index (χ4n) is 2.15. The predicted octanol–water partition coefficient (Wildman–Crippen LogP) is 2.38. The van der Waals surface area contributed by atoms with E-state index in [1.54, 1.807) is 0 Å². The molecule has 6 nitrogen and oxygen atoms in total. The minimum Gasteiger partial charge on any atom is -0.355 e. The van der Waals surface area contributed by atoms with Crippen molar-refractivity contribution in [1.29, 1.82) is 0 Å². The molecule has 0 heterocycles. The van der Waals surface area contributed by atoms with Crippen LogP contribution in [0.4, 0.5) is 0 Å². The van der Waals surface area contributed by atoms with Gasteiger partial charge < -0.3 is 21.3 Å². The molecule has 0 bridgehead atoms. The number of nitrogens with two attached hydrogens (primary N) is 1. The normalized spacial score (nSPS) is 10.7. The van der Waals surface area contributed by atoms with E-state index in [0.717, 1.165) is 38.8 Å². The molecule has 0 unspecified atom stereocenters. The van der Waals surface area contributed by atoms with Crippen molar-refractivity contribution < 1.29 is 9.59 Å². The van der Waals surface area contributed by atoms with Gasteiger partial charge in [-0.3, -0.25) is 9.59 Å². The summed E-state index contributed by atoms with van der Waals surface area (Å²) in [5.41, 5.74) is 5.24. The van der Waals surface area contributed by atoms with Crippen molar-refractivity contribution in [2.24, 2.45) is 17.6 Å². The first kappa shape index (κ1) is 27.1. The smallest absolute Gasteiger partial charge is 0.220 e. The lowest BCUT2D eigenvalue weighted by atomic mass is 10.1. The molecule has 0 aromatic carbocycles. The zero-order valence-electron chi connectivity index (χ0n) is 18.1. The van der Waals surface area contributed by atoms with Crippen LogP contribution in [-0.4, -0.2) is 57.0 Å². The van der Waals surface area contributed by atoms with Gasteiger partial charge in [-0.15, -0.1) is 0 Å². The van der Waals surface area contributed by atoms with E-state index < -0.39 is 0 Å². The fourth-order valence-corrected chi connectivity index (χ4v) is 2.15. The van der Waals surface area contributed by atoms with Crippen molar-refractivity contribution >= 4 is 11.8 Å². The Balaban J connectivity index is 0. The van der Waals surface area contributed by atoms with Crippen LogP contribution in [0.2, 0.25) is 0 Å². The number of rotatable bonds is 13. The maximum Gasteiger partial charge on any atom is 0.220 e. The average Bonchev–Trinajstić information content (AvgIpc) is 2.52. The highest BCUT2D eigenvalue weighted by Crippen LogP contribution is 2.06. The van der Waals surface area contributed by atoms with E-state index in [2.05, 4.69) is 43.2 Å². The number of nitrogens with one attached hydrogen (secondary N) is 2. The first-order chi connectivity index (χ1) is 12.2. The SMILES string of the molecule is CC(C)CCCC(=O)NCCN.CC(C)CCCC(=O)NCCN(C)C. The largest absolute Gasteiger partial charge is 0.355 e. The zero-order valence-corrected chi connectivity index (χ0v) is 18.1. The van der Waals surface area contributed by atoms with E-state index in [9.17, 15) is 9.59 Å². The van der Waals surface area contributed by atoms with Crippen LogP contribution < -0.4 is 16.4 Å². The molecule has 0 aliphatic rings. The van der Waals surface area contributed by atoms with Crippen LogP contribution in [0, 0.1) is 11.8 Å². The monoisotopic (exact) mass is 372 g/mol. The Labute approximate surface area is 161 Å². The van der Waals surface area contributed by atoms with E-state index in [1.807, 2.05) is 14.1 Å². The molecular formula is C20H44N4O2. The third-order valence-electron chi connectivity index (χ3n) is 3.72. The highest BCUT2D eigenvalue weighted by atomic mass is 16.2. The maximum atomic E-state index is 11.3. The van der Waals surface area contributed by atoms with Gasteiger partial charge in [-0.2, -0.15) is 0 Å². The molecule has 26 heavy (non-hydrogen) atoms. The molecule has 2 amide bonds. The molecule has 0 saturated carbocycles. The van der Waals surface area contributed by atoms with Crippen LogP contribution in [0.3, 0.4) is 0 Å². The van der Waals surface area contributed by atoms with Gasteiger partial charge in [0.2, 0.25) is 11.8 Å². The minimum absolute atomic E-state index is 0.126. The van der Waals surface area contributed by atoms with Crippen molar-refractivity contribution in [1.82, 2.24) is 15.5 Å². The van der Waals surface area contributed by atoms with Gasteiger partial charge in [0.1, 0.15) is 0 Å². The lowest BCUT2D eigenvalue weighted by Gasteiger charge is -2.10. The van der Waals surface area contributed by atoms with Crippen molar-refractivity contribution in [2.45, 2.75) is 66.2 Å². The Morgan fingerprint density at radius 3 is 1.62 bits per heavy atom. The summed E-state index contributed by atoms with van der Waals surface area (Å²) >= 11 is 0. The summed E-state index contributed by atoms with van der Waals surface area (Å²) in [6, 6.07) is 0. The second-order valence-electron chi connectivity index (χ2n) is 7.86. The molecule has 0 saturated heterocycles. The molecule has 0 spiro atoms. The summed E-state index contributed by atoms with van der Waals surface area (Å²) in [5, 5.41) is 5.65. The molecule has 6 heteroatoms. The third kappa shape index (κ3) is 25.1. The van der Waals surface area contributed by atoms with E-state index >= 15 is 0 Å². The number of nitrogens with zero attached hydrogens (tertiary/aromatic N) is 1. The molecule has 0 aromatic rings. The Morgan fingerprint density at radius 1 is 0.846 bits per heavy atom. The second kappa shape index (κ2) is 18.6. The molecule has 0 atom stereocenters. The molecule has 0 aliphatic heterocycles. The van der Waals surface area contributed by atoms with Gasteiger partial charge in [0.15, 0.2) is 0 Å². The van der Waals surface area contributed by atoms with Crippen LogP contribution in [0.1, 0.15) is 66.2 Å². The molecule has 0 aliphatic carbocycles.